The first-order valence-electron chi connectivity index (χ1n) is 5.70. The van der Waals surface area contributed by atoms with Gasteiger partial charge in [0.05, 0.1) is 5.56 Å². The van der Waals surface area contributed by atoms with Gasteiger partial charge in [0.25, 0.3) is 0 Å². The van der Waals surface area contributed by atoms with E-state index in [4.69, 9.17) is 4.42 Å². The van der Waals surface area contributed by atoms with Crippen molar-refractivity contribution in [3.05, 3.63) is 59.0 Å². The van der Waals surface area contributed by atoms with Gasteiger partial charge in [-0.15, -0.1) is 0 Å². The normalized spacial score (nSPS) is 10.7. The first kappa shape index (κ1) is 11.3. The average Bonchev–Trinajstić information content (AvgIpc) is 2.38. The molecule has 19 heavy (non-hydrogen) atoms. The van der Waals surface area contributed by atoms with Crippen LogP contribution < -0.4 is 5.63 Å². The van der Waals surface area contributed by atoms with Crippen molar-refractivity contribution < 1.29 is 14.6 Å². The number of fused-ring (bicyclic) bond motifs is 1. The maximum atomic E-state index is 11.9. The number of phenolic OH excluding ortho intramolecular Hbond substituents is 2. The third-order valence-corrected chi connectivity index (χ3v) is 2.87. The van der Waals surface area contributed by atoms with Crippen LogP contribution in [0.25, 0.3) is 22.1 Å². The first-order valence-corrected chi connectivity index (χ1v) is 5.70. The Labute approximate surface area is 108 Å². The lowest BCUT2D eigenvalue weighted by atomic mass is 10.1. The van der Waals surface area contributed by atoms with E-state index in [0.29, 0.717) is 22.1 Å². The molecule has 2 aromatic carbocycles. The second-order valence-corrected chi connectivity index (χ2v) is 4.22. The van der Waals surface area contributed by atoms with E-state index in [0.717, 1.165) is 0 Å². The molecular weight excluding hydrogens is 244 g/mol. The summed E-state index contributed by atoms with van der Waals surface area (Å²) < 4.78 is 5.19. The standard InChI is InChI=1S/C15H10O4/c16-11-3-1-2-9(6-11)13-8-10-7-12(17)4-5-14(10)19-15(13)18/h1-8,16-17H. The summed E-state index contributed by atoms with van der Waals surface area (Å²) in [7, 11) is 0. The van der Waals surface area contributed by atoms with Gasteiger partial charge in [-0.1, -0.05) is 12.1 Å². The van der Waals surface area contributed by atoms with Gasteiger partial charge in [-0.2, -0.15) is 0 Å². The van der Waals surface area contributed by atoms with Crippen molar-refractivity contribution in [1.82, 2.24) is 0 Å². The third kappa shape index (κ3) is 2.04. The monoisotopic (exact) mass is 254 g/mol. The molecule has 0 amide bonds. The van der Waals surface area contributed by atoms with Gasteiger partial charge in [0, 0.05) is 5.39 Å². The fraction of sp³-hybridized carbons (Fsp3) is 0. The van der Waals surface area contributed by atoms with E-state index in [1.165, 1.54) is 30.3 Å². The minimum atomic E-state index is -0.483. The van der Waals surface area contributed by atoms with Crippen LogP contribution in [0.2, 0.25) is 0 Å². The molecule has 0 bridgehead atoms. The largest absolute Gasteiger partial charge is 0.508 e. The maximum Gasteiger partial charge on any atom is 0.344 e. The smallest absolute Gasteiger partial charge is 0.344 e. The zero-order chi connectivity index (χ0) is 13.4. The second-order valence-electron chi connectivity index (χ2n) is 4.22. The quantitative estimate of drug-likeness (QED) is 0.655. The Morgan fingerprint density at radius 1 is 0.895 bits per heavy atom. The Hall–Kier alpha value is -2.75. The first-order chi connectivity index (χ1) is 9.13. The van der Waals surface area contributed by atoms with Crippen LogP contribution in [0.5, 0.6) is 11.5 Å². The van der Waals surface area contributed by atoms with Crippen LogP contribution in [0.15, 0.2) is 57.7 Å². The van der Waals surface area contributed by atoms with E-state index in [9.17, 15) is 15.0 Å². The Morgan fingerprint density at radius 3 is 2.47 bits per heavy atom. The van der Waals surface area contributed by atoms with Crippen LogP contribution in [0, 0.1) is 0 Å². The SMILES string of the molecule is O=c1oc2ccc(O)cc2cc1-c1cccc(O)c1. The number of benzene rings is 2. The lowest BCUT2D eigenvalue weighted by Crippen LogP contribution is -2.02. The van der Waals surface area contributed by atoms with E-state index >= 15 is 0 Å². The van der Waals surface area contributed by atoms with Crippen LogP contribution >= 0.6 is 0 Å². The highest BCUT2D eigenvalue weighted by Gasteiger charge is 2.08. The highest BCUT2D eigenvalue weighted by molar-refractivity contribution is 5.83. The summed E-state index contributed by atoms with van der Waals surface area (Å²) in [5.41, 5.74) is 0.837. The van der Waals surface area contributed by atoms with Crippen LogP contribution in [0.1, 0.15) is 0 Å². The fourth-order valence-electron chi connectivity index (χ4n) is 1.99. The van der Waals surface area contributed by atoms with Crippen molar-refractivity contribution in [1.29, 1.82) is 0 Å². The summed E-state index contributed by atoms with van der Waals surface area (Å²) in [5.74, 6) is 0.177. The summed E-state index contributed by atoms with van der Waals surface area (Å²) >= 11 is 0. The van der Waals surface area contributed by atoms with Crippen LogP contribution in [-0.4, -0.2) is 10.2 Å². The number of phenols is 2. The molecule has 0 radical (unpaired) electrons. The number of hydrogen-bond acceptors (Lipinski definition) is 4. The molecule has 0 atom stereocenters. The summed E-state index contributed by atoms with van der Waals surface area (Å²) in [5, 5.41) is 19.5. The van der Waals surface area contributed by atoms with Crippen LogP contribution in [0.3, 0.4) is 0 Å². The molecule has 1 heterocycles. The van der Waals surface area contributed by atoms with Crippen molar-refractivity contribution in [3.63, 3.8) is 0 Å². The Bertz CT molecular complexity index is 818. The Balaban J connectivity index is 2.29. The molecule has 3 rings (SSSR count). The Morgan fingerprint density at radius 2 is 1.68 bits per heavy atom. The van der Waals surface area contributed by atoms with E-state index < -0.39 is 5.63 Å². The molecule has 0 spiro atoms. The summed E-state index contributed by atoms with van der Waals surface area (Å²) in [6.45, 7) is 0. The fourth-order valence-corrected chi connectivity index (χ4v) is 1.99. The van der Waals surface area contributed by atoms with Gasteiger partial charge in [0.2, 0.25) is 0 Å². The molecule has 0 aliphatic carbocycles. The number of hydrogen-bond donors (Lipinski definition) is 2. The van der Waals surface area contributed by atoms with Crippen LogP contribution in [-0.2, 0) is 0 Å². The van der Waals surface area contributed by atoms with Gasteiger partial charge in [-0.3, -0.25) is 0 Å². The van der Waals surface area contributed by atoms with Crippen molar-refractivity contribution in [2.45, 2.75) is 0 Å². The molecular formula is C15H10O4. The Kier molecular flexibility index (Phi) is 2.49. The molecule has 0 saturated carbocycles. The van der Waals surface area contributed by atoms with E-state index in [2.05, 4.69) is 0 Å². The van der Waals surface area contributed by atoms with Crippen molar-refractivity contribution in [3.8, 4) is 22.6 Å². The lowest BCUT2D eigenvalue weighted by Gasteiger charge is -2.03. The molecule has 0 aliphatic rings. The molecule has 94 valence electrons. The predicted octanol–water partition coefficient (Wildman–Crippen LogP) is 2.87. The van der Waals surface area contributed by atoms with Crippen LogP contribution in [0.4, 0.5) is 0 Å². The minimum Gasteiger partial charge on any atom is -0.508 e. The average molecular weight is 254 g/mol. The van der Waals surface area contributed by atoms with Gasteiger partial charge in [-0.25, -0.2) is 4.79 Å². The summed E-state index contributed by atoms with van der Waals surface area (Å²) in [6.07, 6.45) is 0. The predicted molar refractivity (Wildman–Crippen MR) is 71.2 cm³/mol. The van der Waals surface area contributed by atoms with Crippen molar-refractivity contribution >= 4 is 11.0 Å². The number of rotatable bonds is 1. The van der Waals surface area contributed by atoms with Gasteiger partial charge in [0.15, 0.2) is 0 Å². The van der Waals surface area contributed by atoms with Crippen molar-refractivity contribution in [2.24, 2.45) is 0 Å². The highest BCUT2D eigenvalue weighted by atomic mass is 16.4. The van der Waals surface area contributed by atoms with E-state index in [1.807, 2.05) is 0 Å². The molecule has 0 aliphatic heterocycles. The zero-order valence-corrected chi connectivity index (χ0v) is 9.83. The van der Waals surface area contributed by atoms with Gasteiger partial charge >= 0.3 is 5.63 Å². The zero-order valence-electron chi connectivity index (χ0n) is 9.83. The van der Waals surface area contributed by atoms with Crippen molar-refractivity contribution in [2.75, 3.05) is 0 Å². The highest BCUT2D eigenvalue weighted by Crippen LogP contribution is 2.25. The maximum absolute atomic E-state index is 11.9. The molecule has 4 heteroatoms. The van der Waals surface area contributed by atoms with Gasteiger partial charge in [0.1, 0.15) is 17.1 Å². The lowest BCUT2D eigenvalue weighted by molar-refractivity contribution is 0.474. The third-order valence-electron chi connectivity index (χ3n) is 2.87. The molecule has 0 unspecified atom stereocenters. The summed E-state index contributed by atoms with van der Waals surface area (Å²) in [4.78, 5) is 11.9. The van der Waals surface area contributed by atoms with E-state index in [-0.39, 0.29) is 11.5 Å². The van der Waals surface area contributed by atoms with E-state index in [1.54, 1.807) is 18.2 Å². The molecule has 2 N–H and O–H groups in total. The van der Waals surface area contributed by atoms with Gasteiger partial charge < -0.3 is 14.6 Å². The summed E-state index contributed by atoms with van der Waals surface area (Å²) in [6, 6.07) is 12.5. The number of aromatic hydroxyl groups is 2. The molecule has 4 nitrogen and oxygen atoms in total. The minimum absolute atomic E-state index is 0.0768. The second kappa shape index (κ2) is 4.17. The topological polar surface area (TPSA) is 70.7 Å². The molecule has 3 aromatic rings. The van der Waals surface area contributed by atoms with Gasteiger partial charge in [-0.05, 0) is 42.0 Å². The molecule has 1 aromatic heterocycles. The molecule has 0 saturated heterocycles. The molecule has 0 fully saturated rings.